The normalized spacial score (nSPS) is 16.9. The van der Waals surface area contributed by atoms with E-state index >= 15 is 0 Å². The van der Waals surface area contributed by atoms with Gasteiger partial charge in [-0.25, -0.2) is 0 Å². The molecule has 3 heterocycles. The van der Waals surface area contributed by atoms with Crippen molar-refractivity contribution in [1.29, 1.82) is 0 Å². The summed E-state index contributed by atoms with van der Waals surface area (Å²) in [6.45, 7) is 3.95. The molecule has 5 heteroatoms. The molecule has 0 N–H and O–H groups in total. The third-order valence-electron chi connectivity index (χ3n) is 4.32. The smallest absolute Gasteiger partial charge is 0.167 e. The van der Waals surface area contributed by atoms with Crippen molar-refractivity contribution in [1.82, 2.24) is 24.5 Å². The first-order chi connectivity index (χ1) is 10.8. The molecule has 1 atom stereocenters. The highest BCUT2D eigenvalue weighted by molar-refractivity contribution is 5.53. The number of nitrogens with zero attached hydrogens (tertiary/aromatic N) is 5. The summed E-state index contributed by atoms with van der Waals surface area (Å²) in [5, 5.41) is 13.1. The Kier molecular flexibility index (Phi) is 3.25. The van der Waals surface area contributed by atoms with Crippen LogP contribution in [-0.2, 0) is 25.9 Å². The molecule has 0 amide bonds. The van der Waals surface area contributed by atoms with Crippen molar-refractivity contribution in [3.63, 3.8) is 0 Å². The highest BCUT2D eigenvalue weighted by Crippen LogP contribution is 2.28. The van der Waals surface area contributed by atoms with Crippen LogP contribution in [-0.4, -0.2) is 24.5 Å². The zero-order valence-corrected chi connectivity index (χ0v) is 12.7. The third kappa shape index (κ3) is 2.32. The summed E-state index contributed by atoms with van der Waals surface area (Å²) in [5.41, 5.74) is 2.45. The average Bonchev–Trinajstić information content (AvgIpc) is 3.23. The lowest BCUT2D eigenvalue weighted by Crippen LogP contribution is -2.07. The molecule has 0 bridgehead atoms. The SMILES string of the molecule is CCn1cc(-c2nnc3n2CC(Cc2ccccc2)C3)cn1. The fraction of sp³-hybridized carbons (Fsp3) is 0.353. The number of hydrogen-bond donors (Lipinski definition) is 0. The zero-order valence-electron chi connectivity index (χ0n) is 12.7. The molecule has 0 saturated heterocycles. The van der Waals surface area contributed by atoms with E-state index in [0.717, 1.165) is 43.1 Å². The second kappa shape index (κ2) is 5.40. The van der Waals surface area contributed by atoms with Gasteiger partial charge in [-0.05, 0) is 24.8 Å². The zero-order chi connectivity index (χ0) is 14.9. The minimum Gasteiger partial charge on any atom is -0.311 e. The topological polar surface area (TPSA) is 48.5 Å². The van der Waals surface area contributed by atoms with Gasteiger partial charge >= 0.3 is 0 Å². The highest BCUT2D eigenvalue weighted by atomic mass is 15.3. The molecule has 1 aliphatic heterocycles. The van der Waals surface area contributed by atoms with Gasteiger partial charge in [0.25, 0.3) is 0 Å². The Hall–Kier alpha value is -2.43. The summed E-state index contributed by atoms with van der Waals surface area (Å²) < 4.78 is 4.18. The third-order valence-corrected chi connectivity index (χ3v) is 4.32. The quantitative estimate of drug-likeness (QED) is 0.743. The maximum absolute atomic E-state index is 4.38. The van der Waals surface area contributed by atoms with Gasteiger partial charge in [-0.15, -0.1) is 10.2 Å². The van der Waals surface area contributed by atoms with Crippen LogP contribution in [0, 0.1) is 5.92 Å². The number of aromatic nitrogens is 5. The van der Waals surface area contributed by atoms with Gasteiger partial charge in [0, 0.05) is 25.7 Å². The number of hydrogen-bond acceptors (Lipinski definition) is 3. The maximum atomic E-state index is 4.38. The predicted molar refractivity (Wildman–Crippen MR) is 84.3 cm³/mol. The summed E-state index contributed by atoms with van der Waals surface area (Å²) in [4.78, 5) is 0. The van der Waals surface area contributed by atoms with Crippen molar-refractivity contribution in [2.75, 3.05) is 0 Å². The number of fused-ring (bicyclic) bond motifs is 1. The lowest BCUT2D eigenvalue weighted by Gasteiger charge is -2.09. The van der Waals surface area contributed by atoms with Gasteiger partial charge < -0.3 is 4.57 Å². The Morgan fingerprint density at radius 1 is 1.18 bits per heavy atom. The van der Waals surface area contributed by atoms with Gasteiger partial charge in [0.1, 0.15) is 5.82 Å². The van der Waals surface area contributed by atoms with Crippen LogP contribution in [0.15, 0.2) is 42.7 Å². The summed E-state index contributed by atoms with van der Waals surface area (Å²) in [6.07, 6.45) is 6.02. The molecule has 3 aromatic rings. The van der Waals surface area contributed by atoms with Crippen molar-refractivity contribution < 1.29 is 0 Å². The first kappa shape index (κ1) is 13.2. The van der Waals surface area contributed by atoms with Crippen molar-refractivity contribution in [2.24, 2.45) is 5.92 Å². The van der Waals surface area contributed by atoms with E-state index in [2.05, 4.69) is 57.1 Å². The van der Waals surface area contributed by atoms with Gasteiger partial charge in [-0.3, -0.25) is 4.68 Å². The molecule has 112 valence electrons. The lowest BCUT2D eigenvalue weighted by molar-refractivity contribution is 0.508. The van der Waals surface area contributed by atoms with Crippen LogP contribution in [0.2, 0.25) is 0 Å². The Balaban J connectivity index is 1.55. The number of rotatable bonds is 4. The van der Waals surface area contributed by atoms with Crippen LogP contribution in [0.5, 0.6) is 0 Å². The molecule has 0 radical (unpaired) electrons. The monoisotopic (exact) mass is 293 g/mol. The second-order valence-electron chi connectivity index (χ2n) is 5.90. The van der Waals surface area contributed by atoms with Gasteiger partial charge in [-0.1, -0.05) is 30.3 Å². The van der Waals surface area contributed by atoms with Crippen molar-refractivity contribution >= 4 is 0 Å². The van der Waals surface area contributed by atoms with Crippen LogP contribution in [0.1, 0.15) is 18.3 Å². The summed E-state index contributed by atoms with van der Waals surface area (Å²) >= 11 is 0. The molecule has 1 aromatic carbocycles. The highest BCUT2D eigenvalue weighted by Gasteiger charge is 2.27. The molecule has 2 aromatic heterocycles. The van der Waals surface area contributed by atoms with E-state index in [4.69, 9.17) is 0 Å². The van der Waals surface area contributed by atoms with Crippen LogP contribution >= 0.6 is 0 Å². The van der Waals surface area contributed by atoms with Gasteiger partial charge in [0.05, 0.1) is 11.8 Å². The standard InChI is InChI=1S/C17H19N5/c1-2-21-12-15(10-18-21)17-20-19-16-9-14(11-22(16)17)8-13-6-4-3-5-7-13/h3-7,10,12,14H,2,8-9,11H2,1H3. The molecule has 5 nitrogen and oxygen atoms in total. The largest absolute Gasteiger partial charge is 0.311 e. The first-order valence-corrected chi connectivity index (χ1v) is 7.82. The van der Waals surface area contributed by atoms with Crippen LogP contribution in [0.4, 0.5) is 0 Å². The Bertz CT molecular complexity index is 771. The molecule has 0 spiro atoms. The fourth-order valence-electron chi connectivity index (χ4n) is 3.21. The summed E-state index contributed by atoms with van der Waals surface area (Å²) in [5.74, 6) is 2.65. The minimum atomic E-state index is 0.605. The Morgan fingerprint density at radius 2 is 2.05 bits per heavy atom. The van der Waals surface area contributed by atoms with Gasteiger partial charge in [-0.2, -0.15) is 5.10 Å². The molecular formula is C17H19N5. The van der Waals surface area contributed by atoms with Crippen LogP contribution < -0.4 is 0 Å². The predicted octanol–water partition coefficient (Wildman–Crippen LogP) is 2.58. The lowest BCUT2D eigenvalue weighted by atomic mass is 9.98. The van der Waals surface area contributed by atoms with E-state index in [1.807, 2.05) is 17.1 Å². The number of aryl methyl sites for hydroxylation is 1. The molecular weight excluding hydrogens is 274 g/mol. The van der Waals surface area contributed by atoms with Crippen LogP contribution in [0.25, 0.3) is 11.4 Å². The minimum absolute atomic E-state index is 0.605. The summed E-state index contributed by atoms with van der Waals surface area (Å²) in [7, 11) is 0. The second-order valence-corrected chi connectivity index (χ2v) is 5.90. The molecule has 0 aliphatic carbocycles. The molecule has 22 heavy (non-hydrogen) atoms. The van der Waals surface area contributed by atoms with Crippen molar-refractivity contribution in [3.05, 3.63) is 54.1 Å². The molecule has 1 aliphatic rings. The van der Waals surface area contributed by atoms with Crippen LogP contribution in [0.3, 0.4) is 0 Å². The Labute approximate surface area is 129 Å². The average molecular weight is 293 g/mol. The van der Waals surface area contributed by atoms with E-state index in [1.54, 1.807) is 0 Å². The summed E-state index contributed by atoms with van der Waals surface area (Å²) in [6, 6.07) is 10.7. The van der Waals surface area contributed by atoms with E-state index in [1.165, 1.54) is 5.56 Å². The van der Waals surface area contributed by atoms with Crippen molar-refractivity contribution in [3.8, 4) is 11.4 Å². The van der Waals surface area contributed by atoms with E-state index in [0.29, 0.717) is 5.92 Å². The Morgan fingerprint density at radius 3 is 2.82 bits per heavy atom. The first-order valence-electron chi connectivity index (χ1n) is 7.82. The van der Waals surface area contributed by atoms with Crippen molar-refractivity contribution in [2.45, 2.75) is 32.9 Å². The van der Waals surface area contributed by atoms with E-state index in [9.17, 15) is 0 Å². The molecule has 1 unspecified atom stereocenters. The fourth-order valence-corrected chi connectivity index (χ4v) is 3.21. The molecule has 0 saturated carbocycles. The van der Waals surface area contributed by atoms with Gasteiger partial charge in [0.2, 0.25) is 0 Å². The van der Waals surface area contributed by atoms with E-state index < -0.39 is 0 Å². The maximum Gasteiger partial charge on any atom is 0.167 e. The molecule has 4 rings (SSSR count). The van der Waals surface area contributed by atoms with Gasteiger partial charge in [0.15, 0.2) is 5.82 Å². The number of benzene rings is 1. The molecule has 0 fully saturated rings. The van der Waals surface area contributed by atoms with E-state index in [-0.39, 0.29) is 0 Å².